The van der Waals surface area contributed by atoms with Crippen LogP contribution in [0.25, 0.3) is 0 Å². The van der Waals surface area contributed by atoms with Crippen LogP contribution in [0.1, 0.15) is 15.9 Å². The number of anilines is 1. The van der Waals surface area contributed by atoms with Gasteiger partial charge in [-0.3, -0.25) is 9.48 Å². The second-order valence-electron chi connectivity index (χ2n) is 5.43. The van der Waals surface area contributed by atoms with E-state index in [1.54, 1.807) is 6.07 Å². The number of halogens is 6. The van der Waals surface area contributed by atoms with E-state index in [2.05, 4.69) is 10.4 Å². The quantitative estimate of drug-likeness (QED) is 0.367. The van der Waals surface area contributed by atoms with Gasteiger partial charge in [-0.1, -0.05) is 29.3 Å². The Morgan fingerprint density at radius 2 is 1.85 bits per heavy atom. The summed E-state index contributed by atoms with van der Waals surface area (Å²) in [4.78, 5) is 12.2. The lowest BCUT2D eigenvalue weighted by molar-refractivity contribution is 0.102. The lowest BCUT2D eigenvalue weighted by Crippen LogP contribution is -2.12. The average molecular weight is 418 g/mol. The van der Waals surface area contributed by atoms with E-state index >= 15 is 0 Å². The van der Waals surface area contributed by atoms with Crippen LogP contribution in [0.3, 0.4) is 0 Å². The molecule has 0 aliphatic carbocycles. The summed E-state index contributed by atoms with van der Waals surface area (Å²) in [6.45, 7) is -0.511. The summed E-state index contributed by atoms with van der Waals surface area (Å²) in [5, 5.41) is 6.58. The molecule has 0 saturated heterocycles. The number of nitrogens with one attached hydrogen (secondary N) is 1. The van der Waals surface area contributed by atoms with Gasteiger partial charge >= 0.3 is 0 Å². The third kappa shape index (κ3) is 3.91. The smallest absolute Gasteiger partial charge is 0.257 e. The fraction of sp³-hybridized carbons (Fsp3) is 0.0588. The maximum atomic E-state index is 13.7. The molecule has 1 aromatic heterocycles. The molecular weight excluding hydrogens is 409 g/mol. The zero-order valence-corrected chi connectivity index (χ0v) is 14.8. The van der Waals surface area contributed by atoms with Gasteiger partial charge in [0.05, 0.1) is 34.0 Å². The minimum Gasteiger partial charge on any atom is -0.319 e. The van der Waals surface area contributed by atoms with Crippen LogP contribution < -0.4 is 5.32 Å². The van der Waals surface area contributed by atoms with Crippen molar-refractivity contribution in [2.45, 2.75) is 6.54 Å². The molecule has 0 aliphatic heterocycles. The van der Waals surface area contributed by atoms with Gasteiger partial charge in [0.1, 0.15) is 5.82 Å². The fourth-order valence-corrected chi connectivity index (χ4v) is 2.69. The van der Waals surface area contributed by atoms with Gasteiger partial charge in [0.15, 0.2) is 17.5 Å². The Bertz CT molecular complexity index is 1040. The van der Waals surface area contributed by atoms with Crippen molar-refractivity contribution in [1.82, 2.24) is 9.78 Å². The minimum atomic E-state index is -1.78. The van der Waals surface area contributed by atoms with Crippen LogP contribution in [0.15, 0.2) is 36.7 Å². The SMILES string of the molecule is O=C(Nc1cnn(Cc2c(F)cc(F)c(F)c2F)c1)c1cccc(Cl)c1Cl. The summed E-state index contributed by atoms with van der Waals surface area (Å²) in [6, 6.07) is 4.77. The molecule has 0 aliphatic rings. The summed E-state index contributed by atoms with van der Waals surface area (Å²) in [5.41, 5.74) is -0.387. The molecule has 1 amide bonds. The van der Waals surface area contributed by atoms with Crippen molar-refractivity contribution in [2.75, 3.05) is 5.32 Å². The van der Waals surface area contributed by atoms with Gasteiger partial charge in [0.25, 0.3) is 5.91 Å². The number of rotatable bonds is 4. The molecule has 0 spiro atoms. The molecule has 0 atom stereocenters. The largest absolute Gasteiger partial charge is 0.319 e. The monoisotopic (exact) mass is 417 g/mol. The van der Waals surface area contributed by atoms with Crippen molar-refractivity contribution in [2.24, 2.45) is 0 Å². The Balaban J connectivity index is 1.79. The first kappa shape index (κ1) is 19.2. The second kappa shape index (κ2) is 7.58. The number of nitrogens with zero attached hydrogens (tertiary/aromatic N) is 2. The van der Waals surface area contributed by atoms with E-state index in [1.807, 2.05) is 0 Å². The molecule has 0 radical (unpaired) electrons. The predicted molar refractivity (Wildman–Crippen MR) is 92.0 cm³/mol. The molecule has 1 N–H and O–H groups in total. The number of hydrogen-bond donors (Lipinski definition) is 1. The highest BCUT2D eigenvalue weighted by atomic mass is 35.5. The number of aromatic nitrogens is 2. The van der Waals surface area contributed by atoms with Crippen LogP contribution in [0.5, 0.6) is 0 Å². The van der Waals surface area contributed by atoms with Crippen LogP contribution in [0.4, 0.5) is 23.2 Å². The van der Waals surface area contributed by atoms with Gasteiger partial charge in [0, 0.05) is 17.8 Å². The molecule has 0 fully saturated rings. The Morgan fingerprint density at radius 1 is 1.11 bits per heavy atom. The van der Waals surface area contributed by atoms with Gasteiger partial charge in [-0.15, -0.1) is 0 Å². The van der Waals surface area contributed by atoms with E-state index in [0.717, 1.165) is 4.68 Å². The first-order valence-corrected chi connectivity index (χ1v) is 8.13. The molecule has 0 saturated carbocycles. The Morgan fingerprint density at radius 3 is 2.59 bits per heavy atom. The third-order valence-corrected chi connectivity index (χ3v) is 4.44. The van der Waals surface area contributed by atoms with Crippen molar-refractivity contribution in [3.8, 4) is 0 Å². The summed E-state index contributed by atoms with van der Waals surface area (Å²) in [6.07, 6.45) is 2.47. The molecule has 3 aromatic rings. The molecule has 0 unspecified atom stereocenters. The Kier molecular flexibility index (Phi) is 5.38. The van der Waals surface area contributed by atoms with Crippen LogP contribution in [-0.2, 0) is 6.54 Å². The van der Waals surface area contributed by atoms with E-state index < -0.39 is 41.3 Å². The third-order valence-electron chi connectivity index (χ3n) is 3.62. The second-order valence-corrected chi connectivity index (χ2v) is 6.21. The molecule has 3 rings (SSSR count). The number of carbonyl (C=O) groups excluding carboxylic acids is 1. The van der Waals surface area contributed by atoms with Gasteiger partial charge < -0.3 is 5.32 Å². The summed E-state index contributed by atoms with van der Waals surface area (Å²) >= 11 is 11.8. The van der Waals surface area contributed by atoms with E-state index in [9.17, 15) is 22.4 Å². The van der Waals surface area contributed by atoms with Crippen LogP contribution in [0.2, 0.25) is 10.0 Å². The van der Waals surface area contributed by atoms with Gasteiger partial charge in [-0.2, -0.15) is 5.10 Å². The van der Waals surface area contributed by atoms with Gasteiger partial charge in [-0.25, -0.2) is 17.6 Å². The zero-order valence-electron chi connectivity index (χ0n) is 13.2. The number of benzene rings is 2. The van der Waals surface area contributed by atoms with Crippen LogP contribution >= 0.6 is 23.2 Å². The maximum absolute atomic E-state index is 13.7. The molecule has 0 bridgehead atoms. The predicted octanol–water partition coefficient (Wildman–Crippen LogP) is 5.05. The van der Waals surface area contributed by atoms with Crippen molar-refractivity contribution in [3.63, 3.8) is 0 Å². The molecule has 2 aromatic carbocycles. The molecule has 10 heteroatoms. The van der Waals surface area contributed by atoms with Crippen LogP contribution in [-0.4, -0.2) is 15.7 Å². The molecular formula is C17H9Cl2F4N3O. The molecule has 27 heavy (non-hydrogen) atoms. The highest BCUT2D eigenvalue weighted by Crippen LogP contribution is 2.26. The average Bonchev–Trinajstić information content (AvgIpc) is 3.06. The standard InChI is InChI=1S/C17H9Cl2F4N3O/c18-11-3-1-2-9(14(11)19)17(27)25-8-5-24-26(6-8)7-10-12(20)4-13(21)16(23)15(10)22/h1-6H,7H2,(H,25,27). The molecule has 140 valence electrons. The van der Waals surface area contributed by atoms with Crippen molar-refractivity contribution in [3.05, 3.63) is 81.1 Å². The maximum Gasteiger partial charge on any atom is 0.257 e. The number of carbonyl (C=O) groups is 1. The van der Waals surface area contributed by atoms with E-state index in [0.29, 0.717) is 0 Å². The normalized spacial score (nSPS) is 10.9. The Hall–Kier alpha value is -2.58. The Labute approximate surface area is 160 Å². The van der Waals surface area contributed by atoms with E-state index in [4.69, 9.17) is 23.2 Å². The highest BCUT2D eigenvalue weighted by molar-refractivity contribution is 6.44. The summed E-state index contributed by atoms with van der Waals surface area (Å²) in [7, 11) is 0. The lowest BCUT2D eigenvalue weighted by Gasteiger charge is -2.07. The van der Waals surface area contributed by atoms with Gasteiger partial charge in [0.2, 0.25) is 0 Å². The van der Waals surface area contributed by atoms with Gasteiger partial charge in [-0.05, 0) is 12.1 Å². The van der Waals surface area contributed by atoms with Crippen molar-refractivity contribution >= 4 is 34.8 Å². The fourth-order valence-electron chi connectivity index (χ4n) is 2.30. The topological polar surface area (TPSA) is 46.9 Å². The summed E-state index contributed by atoms with van der Waals surface area (Å²) < 4.78 is 54.8. The lowest BCUT2D eigenvalue weighted by atomic mass is 10.2. The van der Waals surface area contributed by atoms with Crippen molar-refractivity contribution < 1.29 is 22.4 Å². The highest BCUT2D eigenvalue weighted by Gasteiger charge is 2.20. The van der Waals surface area contributed by atoms with Crippen molar-refractivity contribution in [1.29, 1.82) is 0 Å². The first-order chi connectivity index (χ1) is 12.8. The van der Waals surface area contributed by atoms with E-state index in [1.165, 1.54) is 24.5 Å². The van der Waals surface area contributed by atoms with E-state index in [-0.39, 0.29) is 27.4 Å². The summed E-state index contributed by atoms with van der Waals surface area (Å²) in [5.74, 6) is -6.87. The zero-order chi connectivity index (χ0) is 19.7. The molecule has 1 heterocycles. The van der Waals surface area contributed by atoms with Crippen LogP contribution in [0, 0.1) is 23.3 Å². The minimum absolute atomic E-state index is 0.0648. The number of hydrogen-bond acceptors (Lipinski definition) is 2. The first-order valence-electron chi connectivity index (χ1n) is 7.37. The number of amides is 1. The molecule has 4 nitrogen and oxygen atoms in total.